The second kappa shape index (κ2) is 8.13. The Hall–Kier alpha value is -2.04. The van der Waals surface area contributed by atoms with Gasteiger partial charge in [-0.25, -0.2) is 4.79 Å². The first-order valence-electron chi connectivity index (χ1n) is 6.44. The third-order valence-corrected chi connectivity index (χ3v) is 2.68. The number of hydrogen-bond donors (Lipinski definition) is 2. The van der Waals surface area contributed by atoms with Crippen LogP contribution in [0.4, 0.5) is 4.79 Å². The Morgan fingerprint density at radius 3 is 2.47 bits per heavy atom. The fourth-order valence-corrected chi connectivity index (χ4v) is 1.66. The Morgan fingerprint density at radius 2 is 1.89 bits per heavy atom. The first-order valence-corrected chi connectivity index (χ1v) is 6.44. The molecule has 1 aromatic rings. The lowest BCUT2D eigenvalue weighted by molar-refractivity contribution is -0.121. The lowest BCUT2D eigenvalue weighted by Crippen LogP contribution is -2.45. The summed E-state index contributed by atoms with van der Waals surface area (Å²) < 4.78 is 0. The predicted molar refractivity (Wildman–Crippen MR) is 74.6 cm³/mol. The summed E-state index contributed by atoms with van der Waals surface area (Å²) in [6.07, 6.45) is 0.815. The van der Waals surface area contributed by atoms with Gasteiger partial charge in [-0.2, -0.15) is 0 Å². The van der Waals surface area contributed by atoms with E-state index in [-0.39, 0.29) is 18.5 Å². The summed E-state index contributed by atoms with van der Waals surface area (Å²) in [5.41, 5.74) is 1.03. The summed E-state index contributed by atoms with van der Waals surface area (Å²) in [6.45, 7) is 3.09. The molecule has 5 heteroatoms. The lowest BCUT2D eigenvalue weighted by atomic mass is 10.2. The van der Waals surface area contributed by atoms with E-state index in [1.807, 2.05) is 37.3 Å². The van der Waals surface area contributed by atoms with E-state index >= 15 is 0 Å². The number of hydrogen-bond acceptors (Lipinski definition) is 2. The van der Waals surface area contributed by atoms with Crippen molar-refractivity contribution < 1.29 is 9.59 Å². The van der Waals surface area contributed by atoms with E-state index in [4.69, 9.17) is 0 Å². The maximum atomic E-state index is 12.0. The van der Waals surface area contributed by atoms with Gasteiger partial charge in [0.2, 0.25) is 5.91 Å². The zero-order valence-electron chi connectivity index (χ0n) is 11.5. The number of likely N-dealkylation sites (N-methyl/N-ethyl adjacent to an activating group) is 1. The summed E-state index contributed by atoms with van der Waals surface area (Å²) in [5, 5.41) is 5.34. The van der Waals surface area contributed by atoms with Crippen LogP contribution < -0.4 is 10.6 Å². The Morgan fingerprint density at radius 1 is 1.21 bits per heavy atom. The van der Waals surface area contributed by atoms with Crippen LogP contribution in [0.2, 0.25) is 0 Å². The van der Waals surface area contributed by atoms with Crippen LogP contribution in [0.1, 0.15) is 18.9 Å². The van der Waals surface area contributed by atoms with Crippen molar-refractivity contribution in [3.05, 3.63) is 35.9 Å². The first-order chi connectivity index (χ1) is 9.17. The average Bonchev–Trinajstić information content (AvgIpc) is 2.45. The molecule has 2 N–H and O–H groups in total. The molecule has 3 amide bonds. The van der Waals surface area contributed by atoms with Gasteiger partial charge in [-0.3, -0.25) is 4.79 Å². The molecular formula is C14H21N3O2. The van der Waals surface area contributed by atoms with Gasteiger partial charge in [0, 0.05) is 20.1 Å². The average molecular weight is 263 g/mol. The standard InChI is InChI=1S/C14H21N3O2/c1-3-9-17(11-13(18)15-2)14(19)16-10-12-7-5-4-6-8-12/h4-8H,3,9-11H2,1-2H3,(H,15,18)(H,16,19). The molecule has 104 valence electrons. The Balaban J connectivity index is 2.50. The molecule has 0 aliphatic carbocycles. The highest BCUT2D eigenvalue weighted by molar-refractivity contribution is 5.83. The quantitative estimate of drug-likeness (QED) is 0.814. The molecule has 0 aliphatic heterocycles. The molecule has 1 rings (SSSR count). The number of amides is 3. The monoisotopic (exact) mass is 263 g/mol. The first kappa shape index (κ1) is 15.0. The molecule has 0 saturated heterocycles. The molecule has 0 spiro atoms. The molecule has 0 saturated carbocycles. The topological polar surface area (TPSA) is 61.4 Å². The van der Waals surface area contributed by atoms with E-state index in [0.29, 0.717) is 13.1 Å². The molecule has 0 bridgehead atoms. The van der Waals surface area contributed by atoms with Gasteiger partial charge < -0.3 is 15.5 Å². The minimum Gasteiger partial charge on any atom is -0.358 e. The van der Waals surface area contributed by atoms with Gasteiger partial charge in [0.05, 0.1) is 0 Å². The number of carbonyl (C=O) groups is 2. The van der Waals surface area contributed by atoms with Gasteiger partial charge >= 0.3 is 6.03 Å². The van der Waals surface area contributed by atoms with Crippen molar-refractivity contribution in [3.63, 3.8) is 0 Å². The zero-order chi connectivity index (χ0) is 14.1. The normalized spacial score (nSPS) is 9.79. The molecule has 5 nitrogen and oxygen atoms in total. The second-order valence-corrected chi connectivity index (χ2v) is 4.24. The number of benzene rings is 1. The second-order valence-electron chi connectivity index (χ2n) is 4.24. The summed E-state index contributed by atoms with van der Waals surface area (Å²) in [4.78, 5) is 24.9. The van der Waals surface area contributed by atoms with E-state index in [1.54, 1.807) is 7.05 Å². The third kappa shape index (κ3) is 5.42. The van der Waals surface area contributed by atoms with E-state index in [1.165, 1.54) is 4.90 Å². The van der Waals surface area contributed by atoms with Crippen LogP contribution in [0.3, 0.4) is 0 Å². The summed E-state index contributed by atoms with van der Waals surface area (Å²) >= 11 is 0. The molecule has 1 aromatic carbocycles. The van der Waals surface area contributed by atoms with Crippen LogP contribution >= 0.6 is 0 Å². The maximum Gasteiger partial charge on any atom is 0.318 e. The van der Waals surface area contributed by atoms with E-state index in [9.17, 15) is 9.59 Å². The molecule has 0 aliphatic rings. The maximum absolute atomic E-state index is 12.0. The van der Waals surface area contributed by atoms with Crippen molar-refractivity contribution in [2.24, 2.45) is 0 Å². The molecule has 0 heterocycles. The largest absolute Gasteiger partial charge is 0.358 e. The van der Waals surface area contributed by atoms with E-state index in [0.717, 1.165) is 12.0 Å². The molecule has 0 fully saturated rings. The molecular weight excluding hydrogens is 242 g/mol. The molecule has 19 heavy (non-hydrogen) atoms. The number of rotatable bonds is 6. The highest BCUT2D eigenvalue weighted by Gasteiger charge is 2.14. The Labute approximate surface area is 114 Å². The van der Waals surface area contributed by atoms with Gasteiger partial charge in [-0.15, -0.1) is 0 Å². The molecule has 0 atom stereocenters. The van der Waals surface area contributed by atoms with Crippen molar-refractivity contribution in [3.8, 4) is 0 Å². The fraction of sp³-hybridized carbons (Fsp3) is 0.429. The summed E-state index contributed by atoms with van der Waals surface area (Å²) in [7, 11) is 1.56. The van der Waals surface area contributed by atoms with Crippen LogP contribution in [0.15, 0.2) is 30.3 Å². The van der Waals surface area contributed by atoms with Gasteiger partial charge in [-0.05, 0) is 12.0 Å². The van der Waals surface area contributed by atoms with Crippen LogP contribution in [0.25, 0.3) is 0 Å². The van der Waals surface area contributed by atoms with Crippen LogP contribution in [-0.4, -0.2) is 37.0 Å². The van der Waals surface area contributed by atoms with Crippen LogP contribution in [-0.2, 0) is 11.3 Å². The Kier molecular flexibility index (Phi) is 6.43. The number of nitrogens with zero attached hydrogens (tertiary/aromatic N) is 1. The van der Waals surface area contributed by atoms with Crippen molar-refractivity contribution in [2.75, 3.05) is 20.1 Å². The van der Waals surface area contributed by atoms with Gasteiger partial charge in [0.1, 0.15) is 6.54 Å². The van der Waals surface area contributed by atoms with Gasteiger partial charge in [0.15, 0.2) is 0 Å². The number of urea groups is 1. The third-order valence-electron chi connectivity index (χ3n) is 2.68. The van der Waals surface area contributed by atoms with Gasteiger partial charge in [0.25, 0.3) is 0 Å². The van der Waals surface area contributed by atoms with E-state index < -0.39 is 0 Å². The molecule has 0 radical (unpaired) electrons. The van der Waals surface area contributed by atoms with Crippen LogP contribution in [0, 0.1) is 0 Å². The fourth-order valence-electron chi connectivity index (χ4n) is 1.66. The highest BCUT2D eigenvalue weighted by Crippen LogP contribution is 1.99. The SMILES string of the molecule is CCCN(CC(=O)NC)C(=O)NCc1ccccc1. The van der Waals surface area contributed by atoms with Crippen molar-refractivity contribution >= 4 is 11.9 Å². The number of carbonyl (C=O) groups excluding carboxylic acids is 2. The van der Waals surface area contributed by atoms with Gasteiger partial charge in [-0.1, -0.05) is 37.3 Å². The van der Waals surface area contributed by atoms with Crippen molar-refractivity contribution in [2.45, 2.75) is 19.9 Å². The predicted octanol–water partition coefficient (Wildman–Crippen LogP) is 1.35. The van der Waals surface area contributed by atoms with E-state index in [2.05, 4.69) is 10.6 Å². The summed E-state index contributed by atoms with van der Waals surface area (Å²) in [6, 6.07) is 9.47. The zero-order valence-corrected chi connectivity index (χ0v) is 11.5. The summed E-state index contributed by atoms with van der Waals surface area (Å²) in [5.74, 6) is -0.164. The minimum absolute atomic E-state index is 0.0883. The molecule has 0 aromatic heterocycles. The molecule has 0 unspecified atom stereocenters. The smallest absolute Gasteiger partial charge is 0.318 e. The Bertz CT molecular complexity index is 406. The van der Waals surface area contributed by atoms with Crippen molar-refractivity contribution in [1.82, 2.24) is 15.5 Å². The number of nitrogens with one attached hydrogen (secondary N) is 2. The van der Waals surface area contributed by atoms with Crippen LogP contribution in [0.5, 0.6) is 0 Å². The van der Waals surface area contributed by atoms with Crippen molar-refractivity contribution in [1.29, 1.82) is 0 Å². The highest BCUT2D eigenvalue weighted by atomic mass is 16.2. The minimum atomic E-state index is -0.214. The lowest BCUT2D eigenvalue weighted by Gasteiger charge is -2.21.